The van der Waals surface area contributed by atoms with Crippen molar-refractivity contribution >= 4 is 5.84 Å². The summed E-state index contributed by atoms with van der Waals surface area (Å²) in [6.45, 7) is 3.21. The molecular formula is C14H20N6. The van der Waals surface area contributed by atoms with Crippen molar-refractivity contribution in [2.24, 2.45) is 10.7 Å². The van der Waals surface area contributed by atoms with Gasteiger partial charge in [-0.2, -0.15) is 0 Å². The molecule has 1 fully saturated rings. The van der Waals surface area contributed by atoms with Crippen LogP contribution in [0.1, 0.15) is 31.7 Å². The first-order valence-electron chi connectivity index (χ1n) is 7.04. The molecule has 3 N–H and O–H groups in total. The van der Waals surface area contributed by atoms with Crippen LogP contribution < -0.4 is 11.1 Å². The Morgan fingerprint density at radius 3 is 2.85 bits per heavy atom. The van der Waals surface area contributed by atoms with Gasteiger partial charge in [-0.15, -0.1) is 0 Å². The van der Waals surface area contributed by atoms with E-state index >= 15 is 0 Å². The predicted molar refractivity (Wildman–Crippen MR) is 77.6 cm³/mol. The molecule has 1 aromatic rings. The Morgan fingerprint density at radius 1 is 1.35 bits per heavy atom. The topological polar surface area (TPSA) is 79.4 Å². The van der Waals surface area contributed by atoms with E-state index in [9.17, 15) is 0 Å². The number of piperidine rings is 1. The molecule has 0 aliphatic carbocycles. The predicted octanol–water partition coefficient (Wildman–Crippen LogP) is 0.935. The molecule has 0 amide bonds. The molecule has 2 aliphatic heterocycles. The zero-order valence-corrected chi connectivity index (χ0v) is 11.7. The highest BCUT2D eigenvalue weighted by Gasteiger charge is 2.42. The molecule has 3 rings (SSSR count). The Hall–Kier alpha value is -1.95. The van der Waals surface area contributed by atoms with Crippen LogP contribution in [-0.4, -0.2) is 33.3 Å². The first-order chi connectivity index (χ1) is 9.72. The van der Waals surface area contributed by atoms with E-state index in [-0.39, 0.29) is 0 Å². The number of rotatable bonds is 2. The average molecular weight is 272 g/mol. The van der Waals surface area contributed by atoms with Crippen molar-refractivity contribution in [3.63, 3.8) is 0 Å². The van der Waals surface area contributed by atoms with Gasteiger partial charge in [-0.25, -0.2) is 15.0 Å². The molecule has 0 saturated carbocycles. The van der Waals surface area contributed by atoms with Crippen LogP contribution in [-0.2, 0) is 5.79 Å². The van der Waals surface area contributed by atoms with E-state index in [2.05, 4.69) is 27.1 Å². The smallest absolute Gasteiger partial charge is 0.219 e. The van der Waals surface area contributed by atoms with Gasteiger partial charge in [0.05, 0.1) is 5.56 Å². The maximum absolute atomic E-state index is 5.96. The van der Waals surface area contributed by atoms with Crippen LogP contribution in [0.4, 0.5) is 0 Å². The van der Waals surface area contributed by atoms with Gasteiger partial charge in [-0.3, -0.25) is 4.90 Å². The SMILES string of the molecule is CC1CCCCN1C1(c2cncnc2)N=C(N)C=CN1. The number of nitrogens with two attached hydrogens (primary N) is 1. The number of amidine groups is 1. The summed E-state index contributed by atoms with van der Waals surface area (Å²) in [6.07, 6.45) is 12.4. The molecule has 0 bridgehead atoms. The Bertz CT molecular complexity index is 526. The maximum atomic E-state index is 5.96. The number of aromatic nitrogens is 2. The quantitative estimate of drug-likeness (QED) is 0.837. The third-order valence-corrected chi connectivity index (χ3v) is 4.01. The van der Waals surface area contributed by atoms with Crippen LogP contribution in [0, 0.1) is 0 Å². The van der Waals surface area contributed by atoms with Crippen molar-refractivity contribution in [3.8, 4) is 0 Å². The molecule has 1 saturated heterocycles. The minimum atomic E-state index is -0.681. The highest BCUT2D eigenvalue weighted by atomic mass is 15.4. The zero-order valence-electron chi connectivity index (χ0n) is 11.7. The molecule has 3 heterocycles. The molecule has 0 aromatic carbocycles. The molecule has 1 aromatic heterocycles. The standard InChI is InChI=1S/C14H20N6/c1-11-4-2-3-7-20(11)14(12-8-16-10-17-9-12)18-6-5-13(15)19-14/h5-6,8-11,18H,2-4,7H2,1H3,(H2,15,19). The Kier molecular flexibility index (Phi) is 3.40. The van der Waals surface area contributed by atoms with E-state index in [1.807, 2.05) is 6.20 Å². The lowest BCUT2D eigenvalue weighted by Crippen LogP contribution is -2.59. The monoisotopic (exact) mass is 272 g/mol. The van der Waals surface area contributed by atoms with Gasteiger partial charge in [-0.1, -0.05) is 6.42 Å². The maximum Gasteiger partial charge on any atom is 0.219 e. The number of likely N-dealkylation sites (tertiary alicyclic amines) is 1. The van der Waals surface area contributed by atoms with E-state index in [0.29, 0.717) is 11.9 Å². The zero-order chi connectivity index (χ0) is 14.0. The number of hydrogen-bond acceptors (Lipinski definition) is 6. The van der Waals surface area contributed by atoms with Gasteiger partial charge in [-0.05, 0) is 25.8 Å². The summed E-state index contributed by atoms with van der Waals surface area (Å²) in [4.78, 5) is 15.3. The average Bonchev–Trinajstić information content (AvgIpc) is 2.48. The molecule has 2 aliphatic rings. The third-order valence-electron chi connectivity index (χ3n) is 4.01. The van der Waals surface area contributed by atoms with E-state index in [0.717, 1.165) is 18.5 Å². The molecule has 0 radical (unpaired) electrons. The normalized spacial score (nSPS) is 30.6. The molecule has 2 atom stereocenters. The fourth-order valence-electron chi connectivity index (χ4n) is 3.02. The second-order valence-electron chi connectivity index (χ2n) is 5.35. The van der Waals surface area contributed by atoms with Crippen molar-refractivity contribution in [1.82, 2.24) is 20.2 Å². The van der Waals surface area contributed by atoms with Crippen molar-refractivity contribution in [3.05, 3.63) is 36.6 Å². The van der Waals surface area contributed by atoms with Gasteiger partial charge in [0, 0.05) is 31.2 Å². The first kappa shape index (κ1) is 13.1. The molecule has 6 heteroatoms. The lowest BCUT2D eigenvalue weighted by atomic mass is 9.98. The van der Waals surface area contributed by atoms with Crippen LogP contribution in [0.25, 0.3) is 0 Å². The molecule has 2 unspecified atom stereocenters. The highest BCUT2D eigenvalue weighted by molar-refractivity contribution is 5.92. The lowest BCUT2D eigenvalue weighted by Gasteiger charge is -2.47. The molecule has 0 spiro atoms. The summed E-state index contributed by atoms with van der Waals surface area (Å²) in [5.74, 6) is -0.162. The molecular weight excluding hydrogens is 252 g/mol. The van der Waals surface area contributed by atoms with Crippen LogP contribution in [0.5, 0.6) is 0 Å². The van der Waals surface area contributed by atoms with Crippen LogP contribution in [0.3, 0.4) is 0 Å². The van der Waals surface area contributed by atoms with E-state index in [4.69, 9.17) is 10.7 Å². The van der Waals surface area contributed by atoms with Crippen molar-refractivity contribution < 1.29 is 0 Å². The van der Waals surface area contributed by atoms with Gasteiger partial charge in [0.25, 0.3) is 0 Å². The van der Waals surface area contributed by atoms with Crippen LogP contribution in [0.2, 0.25) is 0 Å². The Labute approximate surface area is 118 Å². The Morgan fingerprint density at radius 2 is 2.15 bits per heavy atom. The number of nitrogens with zero attached hydrogens (tertiary/aromatic N) is 4. The third kappa shape index (κ3) is 2.16. The van der Waals surface area contributed by atoms with Crippen LogP contribution in [0.15, 0.2) is 36.0 Å². The van der Waals surface area contributed by atoms with Gasteiger partial charge >= 0.3 is 0 Å². The summed E-state index contributed by atoms with van der Waals surface area (Å²) in [5, 5.41) is 3.38. The van der Waals surface area contributed by atoms with Crippen molar-refractivity contribution in [2.75, 3.05) is 6.54 Å². The van der Waals surface area contributed by atoms with Gasteiger partial charge in [0.15, 0.2) is 0 Å². The summed E-state index contributed by atoms with van der Waals surface area (Å²) in [5.41, 5.74) is 6.87. The minimum Gasteiger partial charge on any atom is -0.384 e. The Balaban J connectivity index is 2.06. The summed E-state index contributed by atoms with van der Waals surface area (Å²) in [7, 11) is 0. The summed E-state index contributed by atoms with van der Waals surface area (Å²) < 4.78 is 0. The van der Waals surface area contributed by atoms with Gasteiger partial charge < -0.3 is 11.1 Å². The van der Waals surface area contributed by atoms with E-state index in [1.54, 1.807) is 18.5 Å². The first-order valence-corrected chi connectivity index (χ1v) is 7.04. The van der Waals surface area contributed by atoms with E-state index < -0.39 is 5.79 Å². The van der Waals surface area contributed by atoms with Gasteiger partial charge in [0.2, 0.25) is 5.79 Å². The fourth-order valence-corrected chi connectivity index (χ4v) is 3.02. The highest BCUT2D eigenvalue weighted by Crippen LogP contribution is 2.34. The second-order valence-corrected chi connectivity index (χ2v) is 5.35. The summed E-state index contributed by atoms with van der Waals surface area (Å²) in [6, 6.07) is 0.430. The minimum absolute atomic E-state index is 0.430. The van der Waals surface area contributed by atoms with Crippen molar-refractivity contribution in [2.45, 2.75) is 38.0 Å². The van der Waals surface area contributed by atoms with Gasteiger partial charge in [0.1, 0.15) is 12.2 Å². The second kappa shape index (κ2) is 5.20. The number of aliphatic imine (C=N–C) groups is 1. The fraction of sp³-hybridized carbons (Fsp3) is 0.500. The van der Waals surface area contributed by atoms with Crippen LogP contribution >= 0.6 is 0 Å². The lowest BCUT2D eigenvalue weighted by molar-refractivity contribution is 0.00961. The molecule has 6 nitrogen and oxygen atoms in total. The number of nitrogens with one attached hydrogen (secondary N) is 1. The van der Waals surface area contributed by atoms with Crippen molar-refractivity contribution in [1.29, 1.82) is 0 Å². The number of hydrogen-bond donors (Lipinski definition) is 2. The molecule has 20 heavy (non-hydrogen) atoms. The summed E-state index contributed by atoms with van der Waals surface area (Å²) >= 11 is 0. The van der Waals surface area contributed by atoms with E-state index in [1.165, 1.54) is 19.2 Å². The largest absolute Gasteiger partial charge is 0.384 e. The molecule has 106 valence electrons.